The van der Waals surface area contributed by atoms with Gasteiger partial charge in [-0.05, 0) is 38.1 Å². The SMILES string of the molecule is C[C@@H](O)[C@H](C)n1cc(-c2nc(Nc3ccc(S(N)(=O)=O)cc3)nc(F)c2C(F)(F)F)cn1. The summed E-state index contributed by atoms with van der Waals surface area (Å²) in [5.74, 6) is -2.30. The number of halogens is 4. The molecule has 32 heavy (non-hydrogen) atoms. The number of nitrogens with one attached hydrogen (secondary N) is 1. The summed E-state index contributed by atoms with van der Waals surface area (Å²) in [4.78, 5) is 6.86. The molecular formula is C18H18F4N6O3S. The van der Waals surface area contributed by atoms with Gasteiger partial charge >= 0.3 is 6.18 Å². The Hall–Kier alpha value is -3.10. The van der Waals surface area contributed by atoms with Crippen LogP contribution in [0.4, 0.5) is 29.2 Å². The molecule has 0 radical (unpaired) electrons. The summed E-state index contributed by atoms with van der Waals surface area (Å²) in [6, 6.07) is 4.28. The fourth-order valence-corrected chi connectivity index (χ4v) is 3.23. The number of rotatable bonds is 6. The van der Waals surface area contributed by atoms with Gasteiger partial charge in [-0.3, -0.25) is 4.68 Å². The fourth-order valence-electron chi connectivity index (χ4n) is 2.71. The zero-order chi connectivity index (χ0) is 23.8. The van der Waals surface area contributed by atoms with Crippen LogP contribution >= 0.6 is 0 Å². The molecule has 3 rings (SSSR count). The minimum Gasteiger partial charge on any atom is -0.391 e. The van der Waals surface area contributed by atoms with E-state index in [0.29, 0.717) is 0 Å². The van der Waals surface area contributed by atoms with Crippen molar-refractivity contribution in [2.75, 3.05) is 5.32 Å². The van der Waals surface area contributed by atoms with Crippen LogP contribution in [0.5, 0.6) is 0 Å². The van der Waals surface area contributed by atoms with Crippen molar-refractivity contribution >= 4 is 21.7 Å². The predicted molar refractivity (Wildman–Crippen MR) is 106 cm³/mol. The summed E-state index contributed by atoms with van der Waals surface area (Å²) < 4.78 is 78.9. The number of nitrogens with two attached hydrogens (primary N) is 1. The lowest BCUT2D eigenvalue weighted by molar-refractivity contribution is -0.140. The van der Waals surface area contributed by atoms with Crippen LogP contribution < -0.4 is 10.5 Å². The van der Waals surface area contributed by atoms with E-state index >= 15 is 0 Å². The first kappa shape index (κ1) is 23.6. The van der Waals surface area contributed by atoms with Crippen molar-refractivity contribution < 1.29 is 31.1 Å². The summed E-state index contributed by atoms with van der Waals surface area (Å²) in [6.07, 6.45) is -3.66. The molecule has 2 atom stereocenters. The van der Waals surface area contributed by atoms with Gasteiger partial charge in [-0.25, -0.2) is 18.5 Å². The molecule has 0 saturated carbocycles. The number of anilines is 2. The maximum atomic E-state index is 14.4. The molecule has 2 heterocycles. The number of sulfonamides is 1. The summed E-state index contributed by atoms with van der Waals surface area (Å²) in [7, 11) is -3.95. The number of primary sulfonamides is 1. The van der Waals surface area contributed by atoms with Crippen molar-refractivity contribution in [3.05, 3.63) is 48.2 Å². The van der Waals surface area contributed by atoms with E-state index in [1.54, 1.807) is 6.92 Å². The van der Waals surface area contributed by atoms with Crippen molar-refractivity contribution in [3.8, 4) is 11.3 Å². The average Bonchev–Trinajstić information content (AvgIpc) is 3.15. The number of aliphatic hydroxyl groups is 1. The number of hydrogen-bond donors (Lipinski definition) is 3. The summed E-state index contributed by atoms with van der Waals surface area (Å²) in [6.45, 7) is 3.09. The second-order valence-electron chi connectivity index (χ2n) is 6.94. The van der Waals surface area contributed by atoms with Gasteiger partial charge in [-0.1, -0.05) is 0 Å². The van der Waals surface area contributed by atoms with E-state index in [9.17, 15) is 31.1 Å². The maximum absolute atomic E-state index is 14.4. The fraction of sp³-hybridized carbons (Fsp3) is 0.278. The normalized spacial score (nSPS) is 14.2. The molecule has 0 aliphatic heterocycles. The number of nitrogens with zero attached hydrogens (tertiary/aromatic N) is 4. The minimum absolute atomic E-state index is 0.140. The molecule has 0 saturated heterocycles. The Morgan fingerprint density at radius 3 is 2.31 bits per heavy atom. The molecule has 0 fully saturated rings. The largest absolute Gasteiger partial charge is 0.422 e. The molecule has 0 amide bonds. The Balaban J connectivity index is 2.05. The zero-order valence-electron chi connectivity index (χ0n) is 16.7. The van der Waals surface area contributed by atoms with Gasteiger partial charge in [-0.2, -0.15) is 27.6 Å². The zero-order valence-corrected chi connectivity index (χ0v) is 17.5. The summed E-state index contributed by atoms with van der Waals surface area (Å²) in [5, 5.41) is 21.1. The molecule has 2 aromatic heterocycles. The highest BCUT2D eigenvalue weighted by Crippen LogP contribution is 2.38. The third-order valence-corrected chi connectivity index (χ3v) is 5.51. The second kappa shape index (κ2) is 8.44. The number of benzene rings is 1. The van der Waals surface area contributed by atoms with E-state index < -0.39 is 51.5 Å². The predicted octanol–water partition coefficient (Wildman–Crippen LogP) is 2.83. The van der Waals surface area contributed by atoms with Gasteiger partial charge < -0.3 is 10.4 Å². The van der Waals surface area contributed by atoms with Crippen molar-refractivity contribution in [3.63, 3.8) is 0 Å². The van der Waals surface area contributed by atoms with Crippen LogP contribution in [0.3, 0.4) is 0 Å². The standard InChI is InChI=1S/C18H18F4N6O3S/c1-9(10(2)29)28-8-11(7-24-28)15-14(18(20,21)22)16(19)27-17(26-15)25-12-3-5-13(6-4-12)32(23,30)31/h3-10,29H,1-2H3,(H2,23,30,31)(H,25,26,27)/t9-,10+/m0/s1. The topological polar surface area (TPSA) is 136 Å². The van der Waals surface area contributed by atoms with E-state index in [1.165, 1.54) is 29.9 Å². The molecule has 0 bridgehead atoms. The lowest BCUT2D eigenvalue weighted by Crippen LogP contribution is -2.18. The third kappa shape index (κ3) is 5.03. The molecular weight excluding hydrogens is 456 g/mol. The van der Waals surface area contributed by atoms with E-state index in [4.69, 9.17) is 5.14 Å². The first-order valence-corrected chi connectivity index (χ1v) is 10.6. The smallest absolute Gasteiger partial charge is 0.391 e. The molecule has 0 unspecified atom stereocenters. The van der Waals surface area contributed by atoms with Crippen LogP contribution in [-0.2, 0) is 16.2 Å². The minimum atomic E-state index is -5.09. The number of aliphatic hydroxyl groups excluding tert-OH is 1. The van der Waals surface area contributed by atoms with E-state index in [0.717, 1.165) is 18.3 Å². The third-order valence-electron chi connectivity index (χ3n) is 4.58. The van der Waals surface area contributed by atoms with Gasteiger partial charge in [0.2, 0.25) is 21.9 Å². The van der Waals surface area contributed by atoms with Crippen LogP contribution in [0.1, 0.15) is 25.5 Å². The van der Waals surface area contributed by atoms with E-state index in [1.807, 2.05) is 0 Å². The number of aromatic nitrogens is 4. The van der Waals surface area contributed by atoms with Gasteiger partial charge in [0.1, 0.15) is 5.56 Å². The Morgan fingerprint density at radius 1 is 1.16 bits per heavy atom. The van der Waals surface area contributed by atoms with E-state index in [2.05, 4.69) is 20.4 Å². The van der Waals surface area contributed by atoms with Crippen molar-refractivity contribution in [1.29, 1.82) is 0 Å². The Kier molecular flexibility index (Phi) is 6.22. The Bertz CT molecular complexity index is 1230. The molecule has 172 valence electrons. The molecule has 14 heteroatoms. The van der Waals surface area contributed by atoms with E-state index in [-0.39, 0.29) is 16.1 Å². The number of alkyl halides is 3. The monoisotopic (exact) mass is 474 g/mol. The highest BCUT2D eigenvalue weighted by atomic mass is 32.2. The van der Waals surface area contributed by atoms with Gasteiger partial charge in [0.15, 0.2) is 0 Å². The molecule has 3 aromatic rings. The molecule has 1 aromatic carbocycles. The maximum Gasteiger partial charge on any atom is 0.422 e. The highest BCUT2D eigenvalue weighted by Gasteiger charge is 2.40. The van der Waals surface area contributed by atoms with Gasteiger partial charge in [0.05, 0.1) is 28.9 Å². The average molecular weight is 474 g/mol. The van der Waals surface area contributed by atoms with Gasteiger partial charge in [0.25, 0.3) is 0 Å². The summed E-state index contributed by atoms with van der Waals surface area (Å²) >= 11 is 0. The quantitative estimate of drug-likeness (QED) is 0.369. The molecule has 0 aliphatic carbocycles. The van der Waals surface area contributed by atoms with Crippen molar-refractivity contribution in [2.45, 2.75) is 37.1 Å². The Morgan fingerprint density at radius 2 is 1.78 bits per heavy atom. The molecule has 0 spiro atoms. The van der Waals surface area contributed by atoms with Crippen LogP contribution in [0, 0.1) is 5.95 Å². The van der Waals surface area contributed by atoms with Crippen LogP contribution in [-0.4, -0.2) is 39.4 Å². The molecule has 4 N–H and O–H groups in total. The van der Waals surface area contributed by atoms with Crippen LogP contribution in [0.2, 0.25) is 0 Å². The summed E-state index contributed by atoms with van der Waals surface area (Å²) in [5.41, 5.74) is -2.38. The van der Waals surface area contributed by atoms with Gasteiger partial charge in [0, 0.05) is 17.4 Å². The van der Waals surface area contributed by atoms with Crippen molar-refractivity contribution in [1.82, 2.24) is 19.7 Å². The van der Waals surface area contributed by atoms with Crippen LogP contribution in [0.25, 0.3) is 11.3 Å². The van der Waals surface area contributed by atoms with Crippen molar-refractivity contribution in [2.24, 2.45) is 5.14 Å². The lowest BCUT2D eigenvalue weighted by atomic mass is 10.1. The van der Waals surface area contributed by atoms with Gasteiger partial charge in [-0.15, -0.1) is 0 Å². The number of hydrogen-bond acceptors (Lipinski definition) is 7. The molecule has 9 nitrogen and oxygen atoms in total. The van der Waals surface area contributed by atoms with Crippen LogP contribution in [0.15, 0.2) is 41.6 Å². The second-order valence-corrected chi connectivity index (χ2v) is 8.51. The first-order chi connectivity index (χ1) is 14.8. The lowest BCUT2D eigenvalue weighted by Gasteiger charge is -2.15. The highest BCUT2D eigenvalue weighted by molar-refractivity contribution is 7.89. The first-order valence-electron chi connectivity index (χ1n) is 9.04. The Labute approximate surface area is 180 Å². The molecule has 0 aliphatic rings.